The number of fused-ring (bicyclic) bond motifs is 1. The minimum Gasteiger partial charge on any atom is -0.356 e. The van der Waals surface area contributed by atoms with E-state index in [0.29, 0.717) is 23.6 Å². The second-order valence-corrected chi connectivity index (χ2v) is 6.17. The number of aromatic amines is 1. The first-order valence-electron chi connectivity index (χ1n) is 8.11. The summed E-state index contributed by atoms with van der Waals surface area (Å²) in [5, 5.41) is 3.40. The predicted molar refractivity (Wildman–Crippen MR) is 97.8 cm³/mol. The van der Waals surface area contributed by atoms with Gasteiger partial charge in [0.05, 0.1) is 11.0 Å². The maximum atomic E-state index is 12.0. The van der Waals surface area contributed by atoms with Crippen LogP contribution in [0.4, 0.5) is 0 Å². The third-order valence-electron chi connectivity index (χ3n) is 3.87. The highest BCUT2D eigenvalue weighted by Crippen LogP contribution is 2.12. The summed E-state index contributed by atoms with van der Waals surface area (Å²) < 4.78 is 0. The van der Waals surface area contributed by atoms with E-state index in [-0.39, 0.29) is 24.5 Å². The number of carbonyl (C=O) groups is 2. The second kappa shape index (κ2) is 7.94. The molecule has 0 bridgehead atoms. The molecular formula is C19H18ClN3O2. The Morgan fingerprint density at radius 2 is 1.80 bits per heavy atom. The van der Waals surface area contributed by atoms with E-state index in [2.05, 4.69) is 15.3 Å². The van der Waals surface area contributed by atoms with Gasteiger partial charge in [-0.05, 0) is 36.4 Å². The van der Waals surface area contributed by atoms with Gasteiger partial charge in [-0.2, -0.15) is 0 Å². The fourth-order valence-corrected chi connectivity index (χ4v) is 2.67. The molecule has 0 fully saturated rings. The normalized spacial score (nSPS) is 10.8. The molecule has 2 aromatic carbocycles. The van der Waals surface area contributed by atoms with Crippen molar-refractivity contribution in [3.63, 3.8) is 0 Å². The maximum Gasteiger partial charge on any atom is 0.220 e. The lowest BCUT2D eigenvalue weighted by Crippen LogP contribution is -2.26. The number of benzene rings is 2. The lowest BCUT2D eigenvalue weighted by atomic mass is 10.1. The maximum absolute atomic E-state index is 12.0. The molecule has 0 aliphatic rings. The van der Waals surface area contributed by atoms with Gasteiger partial charge in [0, 0.05) is 36.4 Å². The topological polar surface area (TPSA) is 74.8 Å². The predicted octanol–water partition coefficient (Wildman–Crippen LogP) is 3.54. The van der Waals surface area contributed by atoms with Gasteiger partial charge in [-0.15, -0.1) is 0 Å². The molecule has 0 unspecified atom stereocenters. The molecule has 1 amide bonds. The van der Waals surface area contributed by atoms with Gasteiger partial charge in [-0.25, -0.2) is 4.98 Å². The van der Waals surface area contributed by atoms with E-state index in [1.165, 1.54) is 0 Å². The van der Waals surface area contributed by atoms with Crippen LogP contribution < -0.4 is 5.32 Å². The van der Waals surface area contributed by atoms with Crippen LogP contribution >= 0.6 is 11.6 Å². The smallest absolute Gasteiger partial charge is 0.220 e. The van der Waals surface area contributed by atoms with Gasteiger partial charge in [-0.3, -0.25) is 9.59 Å². The zero-order valence-electron chi connectivity index (χ0n) is 13.6. The third kappa shape index (κ3) is 4.67. The van der Waals surface area contributed by atoms with Crippen LogP contribution in [0.25, 0.3) is 11.0 Å². The molecule has 3 aromatic rings. The number of rotatable bonds is 7. The van der Waals surface area contributed by atoms with Gasteiger partial charge in [-0.1, -0.05) is 23.7 Å². The zero-order valence-corrected chi connectivity index (χ0v) is 14.3. The summed E-state index contributed by atoms with van der Waals surface area (Å²) >= 11 is 5.79. The molecule has 0 aliphatic carbocycles. The van der Waals surface area contributed by atoms with E-state index in [1.807, 2.05) is 24.3 Å². The molecule has 1 heterocycles. The van der Waals surface area contributed by atoms with Crippen LogP contribution in [0.1, 0.15) is 29.0 Å². The van der Waals surface area contributed by atoms with Crippen molar-refractivity contribution in [3.05, 3.63) is 64.9 Å². The summed E-state index contributed by atoms with van der Waals surface area (Å²) in [5.41, 5.74) is 2.47. The number of nitrogens with zero attached hydrogens (tertiary/aromatic N) is 1. The Hall–Kier alpha value is -2.66. The van der Waals surface area contributed by atoms with E-state index < -0.39 is 0 Å². The number of Topliss-reactive ketones (excluding diaryl/α,β-unsaturated/α-hetero) is 1. The first kappa shape index (κ1) is 17.2. The molecule has 0 saturated carbocycles. The molecule has 1 aromatic heterocycles. The summed E-state index contributed by atoms with van der Waals surface area (Å²) in [6.45, 7) is 0.480. The summed E-state index contributed by atoms with van der Waals surface area (Å²) in [6, 6.07) is 14.5. The zero-order chi connectivity index (χ0) is 17.6. The Morgan fingerprint density at radius 1 is 1.04 bits per heavy atom. The minimum atomic E-state index is -0.140. The van der Waals surface area contributed by atoms with Crippen LogP contribution in [0.3, 0.4) is 0 Å². The fraction of sp³-hybridized carbons (Fsp3) is 0.211. The van der Waals surface area contributed by atoms with E-state index in [4.69, 9.17) is 11.6 Å². The molecule has 0 aliphatic heterocycles. The average molecular weight is 356 g/mol. The van der Waals surface area contributed by atoms with Crippen molar-refractivity contribution in [2.45, 2.75) is 19.3 Å². The number of para-hydroxylation sites is 2. The highest BCUT2D eigenvalue weighted by atomic mass is 35.5. The Morgan fingerprint density at radius 3 is 2.56 bits per heavy atom. The van der Waals surface area contributed by atoms with Crippen LogP contribution in [0.2, 0.25) is 5.02 Å². The van der Waals surface area contributed by atoms with Crippen LogP contribution in [0.5, 0.6) is 0 Å². The molecule has 0 atom stereocenters. The number of imidazole rings is 1. The standard InChI is InChI=1S/C19H18ClN3O2/c20-14-7-5-13(6-8-14)17(24)9-10-19(25)21-12-11-18-22-15-3-1-2-4-16(15)23-18/h1-8H,9-12H2,(H,21,25)(H,22,23). The molecule has 0 radical (unpaired) electrons. The van der Waals surface area contributed by atoms with Crippen LogP contribution in [-0.2, 0) is 11.2 Å². The second-order valence-electron chi connectivity index (χ2n) is 5.73. The highest BCUT2D eigenvalue weighted by molar-refractivity contribution is 6.30. The number of ketones is 1. The van der Waals surface area contributed by atoms with Crippen molar-refractivity contribution in [1.29, 1.82) is 0 Å². The van der Waals surface area contributed by atoms with E-state index in [1.54, 1.807) is 24.3 Å². The van der Waals surface area contributed by atoms with Crippen LogP contribution in [-0.4, -0.2) is 28.2 Å². The van der Waals surface area contributed by atoms with Crippen LogP contribution in [0.15, 0.2) is 48.5 Å². The molecule has 128 valence electrons. The SMILES string of the molecule is O=C(CCC(=O)c1ccc(Cl)cc1)NCCc1nc2ccccc2[nH]1. The number of amides is 1. The molecule has 0 spiro atoms. The summed E-state index contributed by atoms with van der Waals surface area (Å²) in [5.74, 6) is 0.626. The Kier molecular flexibility index (Phi) is 5.46. The molecule has 0 saturated heterocycles. The number of H-pyrrole nitrogens is 1. The van der Waals surface area contributed by atoms with Crippen LogP contribution in [0, 0.1) is 0 Å². The summed E-state index contributed by atoms with van der Waals surface area (Å²) in [7, 11) is 0. The van der Waals surface area contributed by atoms with Gasteiger partial charge in [0.25, 0.3) is 0 Å². The van der Waals surface area contributed by atoms with Crippen molar-refractivity contribution in [2.24, 2.45) is 0 Å². The van der Waals surface area contributed by atoms with Gasteiger partial charge in [0.2, 0.25) is 5.91 Å². The Balaban J connectivity index is 1.42. The summed E-state index contributed by atoms with van der Waals surface area (Å²) in [4.78, 5) is 31.6. The number of hydrogen-bond donors (Lipinski definition) is 2. The van der Waals surface area contributed by atoms with E-state index in [0.717, 1.165) is 16.9 Å². The average Bonchev–Trinajstić information content (AvgIpc) is 3.03. The number of carbonyl (C=O) groups excluding carboxylic acids is 2. The number of hydrogen-bond acceptors (Lipinski definition) is 3. The highest BCUT2D eigenvalue weighted by Gasteiger charge is 2.09. The molecular weight excluding hydrogens is 338 g/mol. The van der Waals surface area contributed by atoms with Gasteiger partial charge in [0.1, 0.15) is 5.82 Å². The monoisotopic (exact) mass is 355 g/mol. The van der Waals surface area contributed by atoms with Gasteiger partial charge >= 0.3 is 0 Å². The third-order valence-corrected chi connectivity index (χ3v) is 4.12. The molecule has 2 N–H and O–H groups in total. The van der Waals surface area contributed by atoms with Crippen molar-refractivity contribution in [1.82, 2.24) is 15.3 Å². The van der Waals surface area contributed by atoms with Gasteiger partial charge in [0.15, 0.2) is 5.78 Å². The minimum absolute atomic E-state index is 0.0656. The molecule has 25 heavy (non-hydrogen) atoms. The lowest BCUT2D eigenvalue weighted by Gasteiger charge is -2.04. The largest absolute Gasteiger partial charge is 0.356 e. The van der Waals surface area contributed by atoms with Gasteiger partial charge < -0.3 is 10.3 Å². The summed E-state index contributed by atoms with van der Waals surface area (Å²) in [6.07, 6.45) is 0.964. The van der Waals surface area contributed by atoms with Crippen molar-refractivity contribution >= 4 is 34.3 Å². The van der Waals surface area contributed by atoms with Crippen molar-refractivity contribution in [3.8, 4) is 0 Å². The Bertz CT molecular complexity index is 854. The lowest BCUT2D eigenvalue weighted by molar-refractivity contribution is -0.121. The Labute approximate surface area is 150 Å². The quantitative estimate of drug-likeness (QED) is 0.636. The molecule has 6 heteroatoms. The van der Waals surface area contributed by atoms with E-state index >= 15 is 0 Å². The van der Waals surface area contributed by atoms with Crippen molar-refractivity contribution < 1.29 is 9.59 Å². The number of aromatic nitrogens is 2. The van der Waals surface area contributed by atoms with Crippen molar-refractivity contribution in [2.75, 3.05) is 6.54 Å². The number of halogens is 1. The number of nitrogens with one attached hydrogen (secondary N) is 2. The molecule has 5 nitrogen and oxygen atoms in total. The first-order chi connectivity index (χ1) is 12.1. The van der Waals surface area contributed by atoms with E-state index in [9.17, 15) is 9.59 Å². The first-order valence-corrected chi connectivity index (χ1v) is 8.49. The molecule has 3 rings (SSSR count). The fourth-order valence-electron chi connectivity index (χ4n) is 2.54.